The smallest absolute Gasteiger partial charge is 0.310 e. The third-order valence-corrected chi connectivity index (χ3v) is 2.59. The van der Waals surface area contributed by atoms with Crippen LogP contribution in [0.3, 0.4) is 0 Å². The van der Waals surface area contributed by atoms with E-state index >= 15 is 0 Å². The molecule has 2 nitrogen and oxygen atoms in total. The molecule has 0 aliphatic heterocycles. The lowest BCUT2D eigenvalue weighted by Crippen LogP contribution is -2.05. The molecule has 2 rings (SSSR count). The van der Waals surface area contributed by atoms with Crippen LogP contribution in [0.25, 0.3) is 0 Å². The minimum atomic E-state index is -0.164. The topological polar surface area (TPSA) is 26.3 Å². The molecule has 0 heterocycles. The molecule has 0 radical (unpaired) electrons. The maximum absolute atomic E-state index is 11.1. The van der Waals surface area contributed by atoms with Gasteiger partial charge < -0.3 is 4.74 Å². The van der Waals surface area contributed by atoms with Crippen LogP contribution >= 0.6 is 0 Å². The molecule has 0 amide bonds. The van der Waals surface area contributed by atoms with Crippen LogP contribution < -0.4 is 4.74 Å². The number of ether oxygens (including phenoxy) is 1. The molecule has 0 bridgehead atoms. The Morgan fingerprint density at radius 2 is 2.14 bits per heavy atom. The van der Waals surface area contributed by atoms with Gasteiger partial charge in [-0.05, 0) is 42.5 Å². The van der Waals surface area contributed by atoms with Crippen LogP contribution in [0.15, 0.2) is 18.2 Å². The van der Waals surface area contributed by atoms with Gasteiger partial charge in [-0.3, -0.25) is 4.79 Å². The van der Waals surface area contributed by atoms with Gasteiger partial charge in [0.15, 0.2) is 0 Å². The average molecular weight is 190 g/mol. The summed E-state index contributed by atoms with van der Waals surface area (Å²) >= 11 is 0. The van der Waals surface area contributed by atoms with Crippen molar-refractivity contribution in [2.24, 2.45) is 0 Å². The summed E-state index contributed by atoms with van der Waals surface area (Å²) in [7, 11) is 0. The summed E-state index contributed by atoms with van der Waals surface area (Å²) in [4.78, 5) is 11.1. The molecule has 0 spiro atoms. The van der Waals surface area contributed by atoms with Crippen molar-refractivity contribution < 1.29 is 9.53 Å². The normalized spacial score (nSPS) is 13.8. The first kappa shape index (κ1) is 9.25. The highest BCUT2D eigenvalue weighted by Gasteiger charge is 2.12. The van der Waals surface area contributed by atoms with Gasteiger partial charge in [0.2, 0.25) is 0 Å². The molecule has 1 aliphatic carbocycles. The number of hydrogen-bond donors (Lipinski definition) is 0. The zero-order valence-corrected chi connectivity index (χ0v) is 8.38. The summed E-state index contributed by atoms with van der Waals surface area (Å²) in [6.07, 6.45) is 3.93. The van der Waals surface area contributed by atoms with Crippen LogP contribution in [0.1, 0.15) is 30.9 Å². The molecular formula is C12H14O2. The summed E-state index contributed by atoms with van der Waals surface area (Å²) in [6.45, 7) is 1.80. The fourth-order valence-corrected chi connectivity index (χ4v) is 1.82. The quantitative estimate of drug-likeness (QED) is 0.529. The van der Waals surface area contributed by atoms with E-state index in [2.05, 4.69) is 6.07 Å². The number of fused-ring (bicyclic) bond motifs is 1. The number of rotatable bonds is 2. The minimum absolute atomic E-state index is 0.164. The SMILES string of the molecule is CCC(=O)Oc1ccc2c(c1)CCC2. The second-order valence-electron chi connectivity index (χ2n) is 3.61. The van der Waals surface area contributed by atoms with E-state index in [0.717, 1.165) is 12.8 Å². The second kappa shape index (κ2) is 3.82. The highest BCUT2D eigenvalue weighted by atomic mass is 16.5. The van der Waals surface area contributed by atoms with Crippen molar-refractivity contribution in [2.75, 3.05) is 0 Å². The number of benzene rings is 1. The Hall–Kier alpha value is -1.31. The Labute approximate surface area is 83.9 Å². The number of hydrogen-bond acceptors (Lipinski definition) is 2. The van der Waals surface area contributed by atoms with E-state index in [1.165, 1.54) is 17.5 Å². The van der Waals surface area contributed by atoms with Crippen LogP contribution in [-0.2, 0) is 17.6 Å². The van der Waals surface area contributed by atoms with E-state index in [9.17, 15) is 4.79 Å². The first-order valence-corrected chi connectivity index (χ1v) is 5.12. The zero-order valence-electron chi connectivity index (χ0n) is 8.38. The van der Waals surface area contributed by atoms with E-state index in [1.807, 2.05) is 12.1 Å². The third-order valence-electron chi connectivity index (χ3n) is 2.59. The molecule has 0 unspecified atom stereocenters. The minimum Gasteiger partial charge on any atom is -0.427 e. The molecule has 1 aromatic rings. The van der Waals surface area contributed by atoms with Crippen molar-refractivity contribution in [1.29, 1.82) is 0 Å². The third kappa shape index (κ3) is 1.79. The van der Waals surface area contributed by atoms with E-state index in [1.54, 1.807) is 6.92 Å². The van der Waals surface area contributed by atoms with E-state index in [4.69, 9.17) is 4.74 Å². The standard InChI is InChI=1S/C12H14O2/c1-2-12(13)14-11-7-6-9-4-3-5-10(9)8-11/h6-8H,2-5H2,1H3. The largest absolute Gasteiger partial charge is 0.427 e. The summed E-state index contributed by atoms with van der Waals surface area (Å²) in [5.74, 6) is 0.528. The summed E-state index contributed by atoms with van der Waals surface area (Å²) in [6, 6.07) is 5.95. The maximum Gasteiger partial charge on any atom is 0.310 e. The number of carbonyl (C=O) groups excluding carboxylic acids is 1. The van der Waals surface area contributed by atoms with Crippen molar-refractivity contribution in [3.63, 3.8) is 0 Å². The summed E-state index contributed by atoms with van der Waals surface area (Å²) in [5, 5.41) is 0. The van der Waals surface area contributed by atoms with Crippen molar-refractivity contribution in [1.82, 2.24) is 0 Å². The maximum atomic E-state index is 11.1. The van der Waals surface area contributed by atoms with Gasteiger partial charge in [0.05, 0.1) is 0 Å². The number of aryl methyl sites for hydroxylation is 2. The summed E-state index contributed by atoms with van der Waals surface area (Å²) in [5.41, 5.74) is 2.74. The lowest BCUT2D eigenvalue weighted by molar-refractivity contribution is -0.134. The van der Waals surface area contributed by atoms with Gasteiger partial charge in [0.25, 0.3) is 0 Å². The highest BCUT2D eigenvalue weighted by molar-refractivity contribution is 5.72. The van der Waals surface area contributed by atoms with Crippen LogP contribution in [-0.4, -0.2) is 5.97 Å². The van der Waals surface area contributed by atoms with Gasteiger partial charge in [-0.2, -0.15) is 0 Å². The van der Waals surface area contributed by atoms with Gasteiger partial charge in [0.1, 0.15) is 5.75 Å². The first-order chi connectivity index (χ1) is 6.79. The molecular weight excluding hydrogens is 176 g/mol. The van der Waals surface area contributed by atoms with E-state index < -0.39 is 0 Å². The van der Waals surface area contributed by atoms with E-state index in [-0.39, 0.29) is 5.97 Å². The lowest BCUT2D eigenvalue weighted by Gasteiger charge is -2.04. The first-order valence-electron chi connectivity index (χ1n) is 5.12. The Morgan fingerprint density at radius 3 is 2.93 bits per heavy atom. The van der Waals surface area contributed by atoms with Crippen LogP contribution in [0.4, 0.5) is 0 Å². The second-order valence-corrected chi connectivity index (χ2v) is 3.61. The Morgan fingerprint density at radius 1 is 1.36 bits per heavy atom. The van der Waals surface area contributed by atoms with Gasteiger partial charge >= 0.3 is 5.97 Å². The molecule has 0 atom stereocenters. The van der Waals surface area contributed by atoms with E-state index in [0.29, 0.717) is 12.2 Å². The van der Waals surface area contributed by atoms with Crippen molar-refractivity contribution >= 4 is 5.97 Å². The van der Waals surface area contributed by atoms with Gasteiger partial charge in [-0.1, -0.05) is 13.0 Å². The predicted molar refractivity (Wildman–Crippen MR) is 54.4 cm³/mol. The van der Waals surface area contributed by atoms with Crippen LogP contribution in [0.2, 0.25) is 0 Å². The van der Waals surface area contributed by atoms with Crippen molar-refractivity contribution in [2.45, 2.75) is 32.6 Å². The molecule has 0 saturated carbocycles. The molecule has 1 aliphatic rings. The molecule has 1 aromatic carbocycles. The molecule has 0 N–H and O–H groups in total. The van der Waals surface area contributed by atoms with Crippen LogP contribution in [0.5, 0.6) is 5.75 Å². The Bertz CT molecular complexity index is 355. The fourth-order valence-electron chi connectivity index (χ4n) is 1.82. The lowest BCUT2D eigenvalue weighted by atomic mass is 10.1. The van der Waals surface area contributed by atoms with Crippen molar-refractivity contribution in [3.8, 4) is 5.75 Å². The molecule has 14 heavy (non-hydrogen) atoms. The number of esters is 1. The fraction of sp³-hybridized carbons (Fsp3) is 0.417. The molecule has 0 saturated heterocycles. The monoisotopic (exact) mass is 190 g/mol. The number of carbonyl (C=O) groups is 1. The highest BCUT2D eigenvalue weighted by Crippen LogP contribution is 2.26. The van der Waals surface area contributed by atoms with Crippen molar-refractivity contribution in [3.05, 3.63) is 29.3 Å². The average Bonchev–Trinajstić information content (AvgIpc) is 2.64. The molecule has 0 aromatic heterocycles. The van der Waals surface area contributed by atoms with Gasteiger partial charge in [0, 0.05) is 6.42 Å². The molecule has 0 fully saturated rings. The molecule has 74 valence electrons. The van der Waals surface area contributed by atoms with Gasteiger partial charge in [-0.25, -0.2) is 0 Å². The molecule has 2 heteroatoms. The van der Waals surface area contributed by atoms with Gasteiger partial charge in [-0.15, -0.1) is 0 Å². The summed E-state index contributed by atoms with van der Waals surface area (Å²) < 4.78 is 5.15. The predicted octanol–water partition coefficient (Wildman–Crippen LogP) is 2.49. The zero-order chi connectivity index (χ0) is 9.97. The van der Waals surface area contributed by atoms with Crippen LogP contribution in [0, 0.1) is 0 Å². The Balaban J connectivity index is 2.16. The Kier molecular flexibility index (Phi) is 2.53.